The van der Waals surface area contributed by atoms with E-state index in [1.807, 2.05) is 19.9 Å². The van der Waals surface area contributed by atoms with Crippen molar-refractivity contribution in [2.45, 2.75) is 49.9 Å². The number of nitrogens with zero attached hydrogens (tertiary/aromatic N) is 8. The van der Waals surface area contributed by atoms with E-state index in [0.717, 1.165) is 16.5 Å². The van der Waals surface area contributed by atoms with Crippen molar-refractivity contribution in [3.05, 3.63) is 17.5 Å². The van der Waals surface area contributed by atoms with Gasteiger partial charge in [0.1, 0.15) is 0 Å². The van der Waals surface area contributed by atoms with Crippen LogP contribution >= 0.6 is 11.8 Å². The van der Waals surface area contributed by atoms with E-state index in [1.165, 1.54) is 25.7 Å². The molecule has 0 spiro atoms. The Labute approximate surface area is 131 Å². The van der Waals surface area contributed by atoms with Crippen LogP contribution in [0.2, 0.25) is 0 Å². The van der Waals surface area contributed by atoms with Crippen molar-refractivity contribution < 1.29 is 0 Å². The lowest BCUT2D eigenvalue weighted by Gasteiger charge is -2.06. The zero-order valence-electron chi connectivity index (χ0n) is 12.5. The second-order valence-electron chi connectivity index (χ2n) is 5.56. The topological polar surface area (TPSA) is 86.7 Å². The van der Waals surface area contributed by atoms with Gasteiger partial charge in [-0.15, -0.1) is 25.5 Å². The summed E-state index contributed by atoms with van der Waals surface area (Å²) in [5.41, 5.74) is 1.89. The summed E-state index contributed by atoms with van der Waals surface area (Å²) in [6, 6.07) is 1.98. The Morgan fingerprint density at radius 3 is 2.55 bits per heavy atom. The third-order valence-corrected chi connectivity index (χ3v) is 5.06. The van der Waals surface area contributed by atoms with Crippen LogP contribution in [0.1, 0.15) is 37.1 Å². The molecule has 0 atom stereocenters. The molecule has 3 aromatic heterocycles. The highest BCUT2D eigenvalue weighted by Crippen LogP contribution is 2.33. The van der Waals surface area contributed by atoms with E-state index in [0.29, 0.717) is 17.0 Å². The molecule has 8 nitrogen and oxygen atoms in total. The highest BCUT2D eigenvalue weighted by atomic mass is 32.2. The molecule has 0 bridgehead atoms. The molecule has 1 saturated carbocycles. The van der Waals surface area contributed by atoms with Gasteiger partial charge in [-0.25, -0.2) is 4.68 Å². The second kappa shape index (κ2) is 5.31. The predicted octanol–water partition coefficient (Wildman–Crippen LogP) is 1.75. The molecule has 3 aromatic rings. The number of aryl methyl sites for hydroxylation is 2. The van der Waals surface area contributed by atoms with Gasteiger partial charge in [0.25, 0.3) is 11.7 Å². The van der Waals surface area contributed by atoms with Crippen LogP contribution in [0.25, 0.3) is 11.7 Å². The summed E-state index contributed by atoms with van der Waals surface area (Å²) in [5.74, 6) is 0.858. The van der Waals surface area contributed by atoms with Crippen molar-refractivity contribution >= 4 is 17.5 Å². The highest BCUT2D eigenvalue weighted by Gasteiger charge is 2.20. The monoisotopic (exact) mass is 316 g/mol. The maximum atomic E-state index is 4.52. The zero-order chi connectivity index (χ0) is 15.1. The minimum atomic E-state index is 0.422. The summed E-state index contributed by atoms with van der Waals surface area (Å²) in [5, 5.41) is 26.7. The van der Waals surface area contributed by atoms with Crippen LogP contribution in [-0.2, 0) is 0 Å². The molecule has 1 fully saturated rings. The van der Waals surface area contributed by atoms with E-state index in [1.54, 1.807) is 21.0 Å². The molecule has 0 unspecified atom stereocenters. The van der Waals surface area contributed by atoms with Crippen molar-refractivity contribution in [2.24, 2.45) is 0 Å². The third kappa shape index (κ3) is 2.35. The van der Waals surface area contributed by atoms with E-state index >= 15 is 0 Å². The molecule has 0 radical (unpaired) electrons. The van der Waals surface area contributed by atoms with Gasteiger partial charge in [-0.05, 0) is 32.8 Å². The van der Waals surface area contributed by atoms with Gasteiger partial charge in [-0.1, -0.05) is 24.6 Å². The van der Waals surface area contributed by atoms with E-state index in [9.17, 15) is 0 Å². The van der Waals surface area contributed by atoms with Crippen LogP contribution in [0, 0.1) is 13.8 Å². The van der Waals surface area contributed by atoms with Gasteiger partial charge in [0.2, 0.25) is 5.16 Å². The first kappa shape index (κ1) is 13.6. The summed E-state index contributed by atoms with van der Waals surface area (Å²) >= 11 is 1.73. The van der Waals surface area contributed by atoms with Crippen LogP contribution in [0.3, 0.4) is 0 Å². The van der Waals surface area contributed by atoms with Crippen LogP contribution in [0.4, 0.5) is 0 Å². The van der Waals surface area contributed by atoms with Gasteiger partial charge >= 0.3 is 0 Å². The van der Waals surface area contributed by atoms with Gasteiger partial charge in [-0.2, -0.15) is 9.61 Å². The molecule has 0 aromatic carbocycles. The van der Waals surface area contributed by atoms with Crippen LogP contribution in [0.15, 0.2) is 11.2 Å². The number of hydrogen-bond donors (Lipinski definition) is 0. The minimum Gasteiger partial charge on any atom is -0.200 e. The van der Waals surface area contributed by atoms with E-state index in [4.69, 9.17) is 0 Å². The summed E-state index contributed by atoms with van der Waals surface area (Å²) in [6.45, 7) is 3.91. The van der Waals surface area contributed by atoms with Gasteiger partial charge in [0.05, 0.1) is 5.69 Å². The molecule has 1 aliphatic carbocycles. The van der Waals surface area contributed by atoms with E-state index < -0.39 is 0 Å². The average molecular weight is 316 g/mol. The molecular formula is C13H16N8S. The molecule has 1 aliphatic rings. The first-order valence-electron chi connectivity index (χ1n) is 7.37. The van der Waals surface area contributed by atoms with Crippen LogP contribution in [0.5, 0.6) is 0 Å². The molecule has 0 amide bonds. The lowest BCUT2D eigenvalue weighted by Crippen LogP contribution is -2.11. The lowest BCUT2D eigenvalue weighted by atomic mass is 10.4. The fourth-order valence-electron chi connectivity index (χ4n) is 2.75. The van der Waals surface area contributed by atoms with Crippen molar-refractivity contribution in [2.75, 3.05) is 0 Å². The summed E-state index contributed by atoms with van der Waals surface area (Å²) < 4.78 is 3.35. The Morgan fingerprint density at radius 2 is 1.82 bits per heavy atom. The fraction of sp³-hybridized carbons (Fsp3) is 0.538. The van der Waals surface area contributed by atoms with E-state index in [-0.39, 0.29) is 0 Å². The first-order valence-corrected chi connectivity index (χ1v) is 8.25. The van der Waals surface area contributed by atoms with Crippen LogP contribution in [-0.4, -0.2) is 45.0 Å². The minimum absolute atomic E-state index is 0.422. The van der Waals surface area contributed by atoms with Gasteiger partial charge in [-0.3, -0.25) is 0 Å². The normalized spacial score (nSPS) is 15.9. The SMILES string of the molecule is Cc1cc(C)n(-c2nnc3nnc(SC4CCCC4)n3n2)n1. The molecule has 0 aliphatic heterocycles. The lowest BCUT2D eigenvalue weighted by molar-refractivity contribution is 0.675. The molecule has 22 heavy (non-hydrogen) atoms. The predicted molar refractivity (Wildman–Crippen MR) is 81.1 cm³/mol. The largest absolute Gasteiger partial charge is 0.291 e. The summed E-state index contributed by atoms with van der Waals surface area (Å²) in [6.07, 6.45) is 5.03. The Kier molecular flexibility index (Phi) is 3.29. The maximum Gasteiger partial charge on any atom is 0.291 e. The first-order chi connectivity index (χ1) is 10.7. The standard InChI is InChI=1S/C13H16N8S/c1-8-7-9(2)20(18-8)12-16-14-11-15-17-13(21(11)19-12)22-10-5-3-4-6-10/h7,10H,3-6H2,1-2H3. The Hall–Kier alpha value is -2.03. The number of fused-ring (bicyclic) bond motifs is 1. The molecule has 114 valence electrons. The van der Waals surface area contributed by atoms with Gasteiger partial charge in [0, 0.05) is 10.9 Å². The molecule has 9 heteroatoms. The molecule has 4 rings (SSSR count). The van der Waals surface area contributed by atoms with Crippen molar-refractivity contribution in [3.8, 4) is 5.95 Å². The van der Waals surface area contributed by atoms with Crippen molar-refractivity contribution in [1.82, 2.24) is 39.8 Å². The third-order valence-electron chi connectivity index (χ3n) is 3.79. The molecule has 0 N–H and O–H groups in total. The fourth-order valence-corrected chi connectivity index (χ4v) is 3.93. The second-order valence-corrected chi connectivity index (χ2v) is 6.83. The summed E-state index contributed by atoms with van der Waals surface area (Å²) in [4.78, 5) is 0. The van der Waals surface area contributed by atoms with Crippen molar-refractivity contribution in [3.63, 3.8) is 0 Å². The zero-order valence-corrected chi connectivity index (χ0v) is 13.3. The number of hydrogen-bond acceptors (Lipinski definition) is 7. The van der Waals surface area contributed by atoms with E-state index in [2.05, 4.69) is 30.6 Å². The highest BCUT2D eigenvalue weighted by molar-refractivity contribution is 7.99. The van der Waals surface area contributed by atoms with Gasteiger partial charge in [0.15, 0.2) is 0 Å². The Balaban J connectivity index is 1.74. The number of aromatic nitrogens is 8. The molecular weight excluding hydrogens is 300 g/mol. The van der Waals surface area contributed by atoms with Crippen molar-refractivity contribution in [1.29, 1.82) is 0 Å². The smallest absolute Gasteiger partial charge is 0.200 e. The quantitative estimate of drug-likeness (QED) is 0.727. The Morgan fingerprint density at radius 1 is 1.05 bits per heavy atom. The maximum absolute atomic E-state index is 4.52. The average Bonchev–Trinajstić information content (AvgIpc) is 3.21. The molecule has 3 heterocycles. The van der Waals surface area contributed by atoms with Gasteiger partial charge < -0.3 is 0 Å². The number of rotatable bonds is 3. The number of thioether (sulfide) groups is 1. The molecule has 0 saturated heterocycles. The van der Waals surface area contributed by atoms with Crippen LogP contribution < -0.4 is 0 Å². The summed E-state index contributed by atoms with van der Waals surface area (Å²) in [7, 11) is 0. The Bertz CT molecular complexity index is 817.